The minimum atomic E-state index is -1.08. The zero-order chi connectivity index (χ0) is 14.3. The molecule has 0 aliphatic heterocycles. The van der Waals surface area contributed by atoms with Crippen molar-refractivity contribution < 1.29 is 19.5 Å². The molecule has 0 fully saturated rings. The van der Waals surface area contributed by atoms with Crippen molar-refractivity contribution in [1.29, 1.82) is 0 Å². The van der Waals surface area contributed by atoms with Crippen LogP contribution in [0.15, 0.2) is 18.3 Å². The number of nitrogens with zero attached hydrogens (tertiary/aromatic N) is 1. The van der Waals surface area contributed by atoms with Gasteiger partial charge in [-0.2, -0.15) is 0 Å². The van der Waals surface area contributed by atoms with Gasteiger partial charge in [0.25, 0.3) is 0 Å². The molecule has 3 N–H and O–H groups in total. The second kappa shape index (κ2) is 7.10. The average molecular weight is 265 g/mol. The molecule has 0 saturated carbocycles. The summed E-state index contributed by atoms with van der Waals surface area (Å²) in [5.41, 5.74) is 1.68. The van der Waals surface area contributed by atoms with E-state index in [9.17, 15) is 14.4 Å². The smallest absolute Gasteiger partial charge is 0.321 e. The first-order valence-electron chi connectivity index (χ1n) is 5.68. The molecule has 0 aliphatic carbocycles. The Hall–Kier alpha value is -2.44. The molecule has 0 unspecified atom stereocenters. The number of hydrogen-bond donors (Lipinski definition) is 3. The first-order chi connectivity index (χ1) is 8.97. The van der Waals surface area contributed by atoms with Crippen molar-refractivity contribution >= 4 is 17.9 Å². The second-order valence-electron chi connectivity index (χ2n) is 3.93. The van der Waals surface area contributed by atoms with Gasteiger partial charge in [-0.3, -0.25) is 19.9 Å². The van der Waals surface area contributed by atoms with Gasteiger partial charge in [-0.1, -0.05) is 6.07 Å². The SMILES string of the molecule is Cc1ccc(CNC(=O)NC(=O)CCC(=O)O)cn1. The summed E-state index contributed by atoms with van der Waals surface area (Å²) in [6.45, 7) is 2.09. The number of pyridine rings is 1. The Labute approximate surface area is 110 Å². The highest BCUT2D eigenvalue weighted by atomic mass is 16.4. The number of nitrogens with one attached hydrogen (secondary N) is 2. The molecule has 3 amide bonds. The van der Waals surface area contributed by atoms with E-state index in [1.807, 2.05) is 24.4 Å². The van der Waals surface area contributed by atoms with Crippen molar-refractivity contribution in [1.82, 2.24) is 15.6 Å². The van der Waals surface area contributed by atoms with Gasteiger partial charge in [0.1, 0.15) is 0 Å². The Kier molecular flexibility index (Phi) is 5.46. The van der Waals surface area contributed by atoms with Crippen LogP contribution in [0.3, 0.4) is 0 Å². The molecule has 19 heavy (non-hydrogen) atoms. The third-order valence-corrected chi connectivity index (χ3v) is 2.24. The number of amides is 3. The van der Waals surface area contributed by atoms with Crippen LogP contribution in [-0.2, 0) is 16.1 Å². The van der Waals surface area contributed by atoms with E-state index in [-0.39, 0.29) is 19.4 Å². The maximum absolute atomic E-state index is 11.3. The van der Waals surface area contributed by atoms with E-state index in [1.54, 1.807) is 6.20 Å². The molecule has 0 bridgehead atoms. The van der Waals surface area contributed by atoms with Crippen LogP contribution < -0.4 is 10.6 Å². The molecule has 1 aromatic rings. The standard InChI is InChI=1S/C12H15N3O4/c1-8-2-3-9(6-13-8)7-14-12(19)15-10(16)4-5-11(17)18/h2-3,6H,4-5,7H2,1H3,(H,17,18)(H2,14,15,16,19). The van der Waals surface area contributed by atoms with Crippen molar-refractivity contribution in [3.05, 3.63) is 29.6 Å². The van der Waals surface area contributed by atoms with E-state index < -0.39 is 17.9 Å². The predicted octanol–water partition coefficient (Wildman–Crippen LogP) is 0.581. The largest absolute Gasteiger partial charge is 0.481 e. The van der Waals surface area contributed by atoms with Gasteiger partial charge in [-0.15, -0.1) is 0 Å². The van der Waals surface area contributed by atoms with Gasteiger partial charge >= 0.3 is 12.0 Å². The van der Waals surface area contributed by atoms with Crippen LogP contribution in [0.4, 0.5) is 4.79 Å². The molecule has 102 valence electrons. The lowest BCUT2D eigenvalue weighted by Crippen LogP contribution is -2.39. The highest BCUT2D eigenvalue weighted by Crippen LogP contribution is 1.98. The summed E-state index contributed by atoms with van der Waals surface area (Å²) >= 11 is 0. The minimum Gasteiger partial charge on any atom is -0.481 e. The lowest BCUT2D eigenvalue weighted by atomic mass is 10.2. The molecule has 1 rings (SSSR count). The Bertz CT molecular complexity index is 470. The third-order valence-electron chi connectivity index (χ3n) is 2.24. The number of carboxylic acids is 1. The topological polar surface area (TPSA) is 108 Å². The second-order valence-corrected chi connectivity index (χ2v) is 3.93. The van der Waals surface area contributed by atoms with E-state index in [4.69, 9.17) is 5.11 Å². The fraction of sp³-hybridized carbons (Fsp3) is 0.333. The van der Waals surface area contributed by atoms with Crippen LogP contribution in [0, 0.1) is 6.92 Å². The molecule has 7 heteroatoms. The number of rotatable bonds is 5. The van der Waals surface area contributed by atoms with Gasteiger partial charge in [-0.05, 0) is 18.6 Å². The van der Waals surface area contributed by atoms with Crippen LogP contribution in [0.2, 0.25) is 0 Å². The Morgan fingerprint density at radius 2 is 2.00 bits per heavy atom. The van der Waals surface area contributed by atoms with Gasteiger partial charge < -0.3 is 10.4 Å². The number of imide groups is 1. The summed E-state index contributed by atoms with van der Waals surface area (Å²) < 4.78 is 0. The molecule has 0 atom stereocenters. The molecule has 7 nitrogen and oxygen atoms in total. The molecular formula is C12H15N3O4. The molecule has 0 spiro atoms. The van der Waals surface area contributed by atoms with E-state index in [0.29, 0.717) is 0 Å². The van der Waals surface area contributed by atoms with Crippen molar-refractivity contribution in [2.24, 2.45) is 0 Å². The van der Waals surface area contributed by atoms with Crippen molar-refractivity contribution in [2.45, 2.75) is 26.3 Å². The number of aryl methyl sites for hydroxylation is 1. The van der Waals surface area contributed by atoms with Crippen molar-refractivity contribution in [3.8, 4) is 0 Å². The van der Waals surface area contributed by atoms with Crippen molar-refractivity contribution in [3.63, 3.8) is 0 Å². The number of carboxylic acid groups (broad SMARTS) is 1. The number of carbonyl (C=O) groups excluding carboxylic acids is 2. The monoisotopic (exact) mass is 265 g/mol. The fourth-order valence-electron chi connectivity index (χ4n) is 1.24. The predicted molar refractivity (Wildman–Crippen MR) is 66.2 cm³/mol. The quantitative estimate of drug-likeness (QED) is 0.721. The van der Waals surface area contributed by atoms with Crippen LogP contribution in [0.1, 0.15) is 24.1 Å². The summed E-state index contributed by atoms with van der Waals surface area (Å²) in [4.78, 5) is 36.8. The van der Waals surface area contributed by atoms with E-state index >= 15 is 0 Å². The molecule has 0 aliphatic rings. The average Bonchev–Trinajstić information content (AvgIpc) is 2.36. The summed E-state index contributed by atoms with van der Waals surface area (Å²) in [6, 6.07) is 2.97. The lowest BCUT2D eigenvalue weighted by Gasteiger charge is -2.06. The normalized spacial score (nSPS) is 9.74. The summed E-state index contributed by atoms with van der Waals surface area (Å²) in [5, 5.41) is 12.9. The molecule has 1 heterocycles. The van der Waals surface area contributed by atoms with Gasteiger partial charge in [0, 0.05) is 24.9 Å². The number of carbonyl (C=O) groups is 3. The maximum atomic E-state index is 11.3. The van der Waals surface area contributed by atoms with E-state index in [2.05, 4.69) is 10.3 Å². The highest BCUT2D eigenvalue weighted by molar-refractivity contribution is 5.95. The summed E-state index contributed by atoms with van der Waals surface area (Å²) in [5.74, 6) is -1.71. The van der Waals surface area contributed by atoms with Crippen molar-refractivity contribution in [2.75, 3.05) is 0 Å². The van der Waals surface area contributed by atoms with Crippen LogP contribution in [-0.4, -0.2) is 28.0 Å². The summed E-state index contributed by atoms with van der Waals surface area (Å²) in [7, 11) is 0. The number of urea groups is 1. The molecule has 0 saturated heterocycles. The summed E-state index contributed by atoms with van der Waals surface area (Å²) in [6.07, 6.45) is 1.09. The zero-order valence-electron chi connectivity index (χ0n) is 10.5. The molecule has 0 radical (unpaired) electrons. The third kappa shape index (κ3) is 6.16. The first kappa shape index (κ1) is 14.6. The maximum Gasteiger partial charge on any atom is 0.321 e. The minimum absolute atomic E-state index is 0.227. The van der Waals surface area contributed by atoms with Gasteiger partial charge in [0.2, 0.25) is 5.91 Å². The number of hydrogen-bond acceptors (Lipinski definition) is 4. The zero-order valence-corrected chi connectivity index (χ0v) is 10.5. The van der Waals surface area contributed by atoms with Gasteiger partial charge in [-0.25, -0.2) is 4.79 Å². The Morgan fingerprint density at radius 3 is 2.58 bits per heavy atom. The Balaban J connectivity index is 2.29. The van der Waals surface area contributed by atoms with Crippen LogP contribution in [0.5, 0.6) is 0 Å². The van der Waals surface area contributed by atoms with E-state index in [1.165, 1.54) is 0 Å². The van der Waals surface area contributed by atoms with E-state index in [0.717, 1.165) is 11.3 Å². The number of aliphatic carboxylic acids is 1. The van der Waals surface area contributed by atoms with Gasteiger partial charge in [0.05, 0.1) is 6.42 Å². The first-order valence-corrected chi connectivity index (χ1v) is 5.68. The molecular weight excluding hydrogens is 250 g/mol. The molecule has 1 aromatic heterocycles. The fourth-order valence-corrected chi connectivity index (χ4v) is 1.24. The van der Waals surface area contributed by atoms with Gasteiger partial charge in [0.15, 0.2) is 0 Å². The molecule has 0 aromatic carbocycles. The lowest BCUT2D eigenvalue weighted by molar-refractivity contribution is -0.138. The highest BCUT2D eigenvalue weighted by Gasteiger charge is 2.09. The Morgan fingerprint density at radius 1 is 1.26 bits per heavy atom. The number of aromatic nitrogens is 1. The van der Waals surface area contributed by atoms with Crippen LogP contribution >= 0.6 is 0 Å². The van der Waals surface area contributed by atoms with Crippen LogP contribution in [0.25, 0.3) is 0 Å².